The second kappa shape index (κ2) is 8.73. The number of hydrogen-bond acceptors (Lipinski definition) is 6. The van der Waals surface area contributed by atoms with Gasteiger partial charge in [0.05, 0.1) is 18.2 Å². The monoisotopic (exact) mass is 477 g/mol. The number of aromatic nitrogens is 1. The number of hydrogen-bond donors (Lipinski definition) is 3. The minimum atomic E-state index is -0.972. The van der Waals surface area contributed by atoms with Crippen LogP contribution in [0.25, 0.3) is 10.9 Å². The average molecular weight is 478 g/mol. The minimum absolute atomic E-state index is 0.0758. The van der Waals surface area contributed by atoms with E-state index in [0.29, 0.717) is 42.7 Å². The number of carbonyl (C=O) groups is 4. The topological polar surface area (TPSA) is 144 Å². The first-order chi connectivity index (χ1) is 16.8. The van der Waals surface area contributed by atoms with Crippen molar-refractivity contribution in [2.24, 2.45) is 11.3 Å². The molecule has 3 fully saturated rings. The SMILES string of the molecule is COC(=O)[C@H](C[C@@H]1CCNC1=O)NC(=O)[C@@H]1CC2(CC2)CN1C(=O)c1cc2cccc(C#N)c2[nH]1. The van der Waals surface area contributed by atoms with Gasteiger partial charge in [0.2, 0.25) is 11.8 Å². The van der Waals surface area contributed by atoms with Crippen LogP contribution in [-0.2, 0) is 19.1 Å². The zero-order chi connectivity index (χ0) is 24.7. The molecule has 35 heavy (non-hydrogen) atoms. The number of para-hydroxylation sites is 1. The van der Waals surface area contributed by atoms with Crippen molar-refractivity contribution in [3.63, 3.8) is 0 Å². The Morgan fingerprint density at radius 1 is 1.34 bits per heavy atom. The Bertz CT molecular complexity index is 1260. The normalized spacial score (nSPS) is 23.1. The molecule has 0 unspecified atom stereocenters. The van der Waals surface area contributed by atoms with E-state index < -0.39 is 24.0 Å². The average Bonchev–Trinajstić information content (AvgIpc) is 3.16. The first-order valence-electron chi connectivity index (χ1n) is 11.8. The summed E-state index contributed by atoms with van der Waals surface area (Å²) in [6, 6.07) is 7.36. The number of nitriles is 1. The van der Waals surface area contributed by atoms with Gasteiger partial charge in [0.15, 0.2) is 0 Å². The van der Waals surface area contributed by atoms with Crippen LogP contribution in [0.15, 0.2) is 24.3 Å². The summed E-state index contributed by atoms with van der Waals surface area (Å²) in [5, 5.41) is 15.6. The van der Waals surface area contributed by atoms with Crippen LogP contribution in [0.2, 0.25) is 0 Å². The zero-order valence-electron chi connectivity index (χ0n) is 19.4. The Kier molecular flexibility index (Phi) is 5.71. The molecule has 1 saturated carbocycles. The standard InChI is InChI=1S/C25H27N5O5/c1-35-24(34)18(10-15-5-8-27-21(15)31)29-22(32)19-11-25(6-7-25)13-30(19)23(33)17-9-14-3-2-4-16(12-26)20(14)28-17/h2-4,9,15,18-19,28H,5-8,10-11,13H2,1H3,(H,27,31)(H,29,32)/t15-,18-,19-/m0/s1. The molecule has 2 aromatic rings. The third-order valence-electron chi connectivity index (χ3n) is 7.52. The number of H-pyrrole nitrogens is 1. The van der Waals surface area contributed by atoms with E-state index in [-0.39, 0.29) is 29.6 Å². The van der Waals surface area contributed by atoms with Crippen molar-refractivity contribution in [3.8, 4) is 6.07 Å². The molecule has 2 saturated heterocycles. The first kappa shape index (κ1) is 22.9. The number of rotatable bonds is 6. The number of benzene rings is 1. The number of fused-ring (bicyclic) bond motifs is 1. The summed E-state index contributed by atoms with van der Waals surface area (Å²) in [4.78, 5) is 56.0. The summed E-state index contributed by atoms with van der Waals surface area (Å²) in [5.41, 5.74) is 1.26. The number of nitrogens with one attached hydrogen (secondary N) is 3. The van der Waals surface area contributed by atoms with Crippen LogP contribution in [0.4, 0.5) is 0 Å². The summed E-state index contributed by atoms with van der Waals surface area (Å²) in [6.45, 7) is 0.995. The van der Waals surface area contributed by atoms with Crippen molar-refractivity contribution in [2.45, 2.75) is 44.2 Å². The number of ether oxygens (including phenoxy) is 1. The van der Waals surface area contributed by atoms with E-state index in [1.165, 1.54) is 7.11 Å². The third kappa shape index (κ3) is 4.22. The fourth-order valence-corrected chi connectivity index (χ4v) is 5.34. The molecule has 3 heterocycles. The maximum atomic E-state index is 13.5. The molecule has 2 aliphatic heterocycles. The van der Waals surface area contributed by atoms with Crippen LogP contribution in [-0.4, -0.2) is 65.9 Å². The molecule has 10 nitrogen and oxygen atoms in total. The van der Waals surface area contributed by atoms with Crippen molar-refractivity contribution >= 4 is 34.6 Å². The number of likely N-dealkylation sites (tertiary alicyclic amines) is 1. The van der Waals surface area contributed by atoms with Gasteiger partial charge >= 0.3 is 5.97 Å². The summed E-state index contributed by atoms with van der Waals surface area (Å²) in [6.07, 6.45) is 3.13. The van der Waals surface area contributed by atoms with Gasteiger partial charge in [-0.3, -0.25) is 14.4 Å². The van der Waals surface area contributed by atoms with E-state index in [9.17, 15) is 24.4 Å². The molecule has 1 aliphatic carbocycles. The molecule has 0 bridgehead atoms. The van der Waals surface area contributed by atoms with Crippen LogP contribution >= 0.6 is 0 Å². The Morgan fingerprint density at radius 3 is 2.80 bits per heavy atom. The first-order valence-corrected chi connectivity index (χ1v) is 11.8. The van der Waals surface area contributed by atoms with E-state index >= 15 is 0 Å². The Morgan fingerprint density at radius 2 is 2.14 bits per heavy atom. The lowest BCUT2D eigenvalue weighted by Gasteiger charge is -2.26. The maximum absolute atomic E-state index is 13.5. The molecule has 182 valence electrons. The van der Waals surface area contributed by atoms with E-state index in [2.05, 4.69) is 21.7 Å². The molecule has 1 aromatic carbocycles. The molecule has 3 aliphatic rings. The highest BCUT2D eigenvalue weighted by Crippen LogP contribution is 2.55. The summed E-state index contributed by atoms with van der Waals surface area (Å²) in [5.74, 6) is -1.88. The van der Waals surface area contributed by atoms with Gasteiger partial charge in [-0.25, -0.2) is 4.79 Å². The van der Waals surface area contributed by atoms with Gasteiger partial charge in [-0.15, -0.1) is 0 Å². The molecular weight excluding hydrogens is 450 g/mol. The van der Waals surface area contributed by atoms with Crippen LogP contribution < -0.4 is 10.6 Å². The zero-order valence-corrected chi connectivity index (χ0v) is 19.4. The number of methoxy groups -OCH3 is 1. The lowest BCUT2D eigenvalue weighted by molar-refractivity contribution is -0.146. The van der Waals surface area contributed by atoms with Gasteiger partial charge in [-0.2, -0.15) is 5.26 Å². The highest BCUT2D eigenvalue weighted by molar-refractivity contribution is 6.02. The number of carbonyl (C=O) groups excluding carboxylic acids is 4. The van der Waals surface area contributed by atoms with E-state index in [1.807, 2.05) is 6.07 Å². The predicted molar refractivity (Wildman–Crippen MR) is 124 cm³/mol. The second-order valence-electron chi connectivity index (χ2n) is 9.81. The summed E-state index contributed by atoms with van der Waals surface area (Å²) < 4.78 is 4.88. The Balaban J connectivity index is 1.37. The Hall–Kier alpha value is -3.87. The lowest BCUT2D eigenvalue weighted by Crippen LogP contribution is -2.51. The van der Waals surface area contributed by atoms with Crippen molar-refractivity contribution in [1.29, 1.82) is 5.26 Å². The second-order valence-corrected chi connectivity index (χ2v) is 9.81. The Labute approximate surface area is 202 Å². The van der Waals surface area contributed by atoms with Gasteiger partial charge in [-0.1, -0.05) is 12.1 Å². The van der Waals surface area contributed by atoms with Crippen LogP contribution in [0.3, 0.4) is 0 Å². The van der Waals surface area contributed by atoms with Gasteiger partial charge in [0.1, 0.15) is 23.8 Å². The van der Waals surface area contributed by atoms with Crippen LogP contribution in [0, 0.1) is 22.7 Å². The highest BCUT2D eigenvalue weighted by Gasteiger charge is 2.55. The van der Waals surface area contributed by atoms with Gasteiger partial charge < -0.3 is 25.3 Å². The fourth-order valence-electron chi connectivity index (χ4n) is 5.34. The van der Waals surface area contributed by atoms with Crippen molar-refractivity contribution < 1.29 is 23.9 Å². The molecule has 1 spiro atoms. The maximum Gasteiger partial charge on any atom is 0.328 e. The number of amides is 3. The molecular formula is C25H27N5O5. The molecule has 3 amide bonds. The number of nitrogens with zero attached hydrogens (tertiary/aromatic N) is 2. The third-order valence-corrected chi connectivity index (χ3v) is 7.52. The molecule has 3 N–H and O–H groups in total. The minimum Gasteiger partial charge on any atom is -0.467 e. The van der Waals surface area contributed by atoms with E-state index in [1.54, 1.807) is 23.1 Å². The van der Waals surface area contributed by atoms with Crippen molar-refractivity contribution in [2.75, 3.05) is 20.2 Å². The smallest absolute Gasteiger partial charge is 0.328 e. The van der Waals surface area contributed by atoms with Crippen molar-refractivity contribution in [1.82, 2.24) is 20.5 Å². The highest BCUT2D eigenvalue weighted by atomic mass is 16.5. The summed E-state index contributed by atoms with van der Waals surface area (Å²) in [7, 11) is 1.24. The molecule has 1 aromatic heterocycles. The van der Waals surface area contributed by atoms with Gasteiger partial charge in [0.25, 0.3) is 5.91 Å². The van der Waals surface area contributed by atoms with E-state index in [0.717, 1.165) is 18.2 Å². The fraction of sp³-hybridized carbons (Fsp3) is 0.480. The van der Waals surface area contributed by atoms with Crippen LogP contribution in [0.1, 0.15) is 48.2 Å². The quantitative estimate of drug-likeness (QED) is 0.534. The summed E-state index contributed by atoms with van der Waals surface area (Å²) >= 11 is 0. The molecule has 0 radical (unpaired) electrons. The van der Waals surface area contributed by atoms with Crippen LogP contribution in [0.5, 0.6) is 0 Å². The molecule has 10 heteroatoms. The number of esters is 1. The van der Waals surface area contributed by atoms with Crippen molar-refractivity contribution in [3.05, 3.63) is 35.5 Å². The number of aromatic amines is 1. The van der Waals surface area contributed by atoms with E-state index in [4.69, 9.17) is 4.74 Å². The molecule has 5 rings (SSSR count). The predicted octanol–water partition coefficient (Wildman–Crippen LogP) is 1.22. The molecule has 3 atom stereocenters. The lowest BCUT2D eigenvalue weighted by atomic mass is 9.97. The van der Waals surface area contributed by atoms with Gasteiger partial charge in [0, 0.05) is 24.4 Å². The largest absolute Gasteiger partial charge is 0.467 e. The van der Waals surface area contributed by atoms with Gasteiger partial charge in [-0.05, 0) is 49.7 Å².